The molecule has 3 rings (SSSR count). The third-order valence-corrected chi connectivity index (χ3v) is 3.14. The van der Waals surface area contributed by atoms with Gasteiger partial charge in [-0.05, 0) is 37.4 Å². The Morgan fingerprint density at radius 1 is 1.21 bits per heavy atom. The smallest absolute Gasteiger partial charge is 0.180 e. The maximum absolute atomic E-state index is 4.38. The zero-order valence-electron chi connectivity index (χ0n) is 10.9. The van der Waals surface area contributed by atoms with Gasteiger partial charge in [0.15, 0.2) is 5.65 Å². The first-order valence-electron chi connectivity index (χ1n) is 6.11. The number of nitrogens with one attached hydrogen (secondary N) is 1. The van der Waals surface area contributed by atoms with Crippen molar-refractivity contribution in [2.24, 2.45) is 0 Å². The van der Waals surface area contributed by atoms with Gasteiger partial charge in [-0.15, -0.1) is 0 Å². The summed E-state index contributed by atoms with van der Waals surface area (Å²) < 4.78 is 0. The minimum Gasteiger partial charge on any atom is -0.298 e. The largest absolute Gasteiger partial charge is 0.298 e. The van der Waals surface area contributed by atoms with Gasteiger partial charge in [0.25, 0.3) is 0 Å². The van der Waals surface area contributed by atoms with Crippen LogP contribution in [-0.2, 0) is 0 Å². The maximum atomic E-state index is 4.38. The summed E-state index contributed by atoms with van der Waals surface area (Å²) in [5, 5.41) is 7.93. The second-order valence-corrected chi connectivity index (χ2v) is 4.72. The van der Waals surface area contributed by atoms with Crippen LogP contribution in [-0.4, -0.2) is 39.2 Å². The summed E-state index contributed by atoms with van der Waals surface area (Å²) in [6.45, 7) is 0. The molecule has 0 aliphatic carbocycles. The van der Waals surface area contributed by atoms with Crippen LogP contribution in [0.25, 0.3) is 11.0 Å². The van der Waals surface area contributed by atoms with Crippen molar-refractivity contribution in [3.63, 3.8) is 0 Å². The quantitative estimate of drug-likeness (QED) is 0.775. The molecule has 0 bridgehead atoms. The van der Waals surface area contributed by atoms with Gasteiger partial charge >= 0.3 is 0 Å². The molecule has 0 fully saturated rings. The van der Waals surface area contributed by atoms with Crippen molar-refractivity contribution < 1.29 is 0 Å². The van der Waals surface area contributed by atoms with Gasteiger partial charge in [-0.2, -0.15) is 5.10 Å². The van der Waals surface area contributed by atoms with Crippen molar-refractivity contribution in [1.82, 2.24) is 25.1 Å². The van der Waals surface area contributed by atoms with Gasteiger partial charge in [0, 0.05) is 30.2 Å². The first-order valence-corrected chi connectivity index (χ1v) is 6.11. The fraction of sp³-hybridized carbons (Fsp3) is 0.214. The fourth-order valence-corrected chi connectivity index (χ4v) is 2.33. The van der Waals surface area contributed by atoms with Crippen LogP contribution in [0, 0.1) is 0 Å². The van der Waals surface area contributed by atoms with Crippen LogP contribution >= 0.6 is 0 Å². The highest BCUT2D eigenvalue weighted by Gasteiger charge is 2.17. The molecule has 0 radical (unpaired) electrons. The van der Waals surface area contributed by atoms with Crippen LogP contribution in [0.2, 0.25) is 0 Å². The van der Waals surface area contributed by atoms with Crippen molar-refractivity contribution in [2.45, 2.75) is 6.04 Å². The SMILES string of the molecule is CN(C)C(c1cccnc1)c1cnc2n[nH]cc2c1. The zero-order valence-corrected chi connectivity index (χ0v) is 10.9. The number of hydrogen-bond acceptors (Lipinski definition) is 4. The van der Waals surface area contributed by atoms with E-state index in [2.05, 4.69) is 51.3 Å². The third kappa shape index (κ3) is 2.20. The van der Waals surface area contributed by atoms with Crippen LogP contribution in [0.4, 0.5) is 0 Å². The van der Waals surface area contributed by atoms with E-state index in [9.17, 15) is 0 Å². The number of aromatic amines is 1. The first-order chi connectivity index (χ1) is 9.25. The van der Waals surface area contributed by atoms with E-state index >= 15 is 0 Å². The zero-order chi connectivity index (χ0) is 13.2. The molecule has 3 aromatic rings. The number of nitrogens with zero attached hydrogens (tertiary/aromatic N) is 4. The lowest BCUT2D eigenvalue weighted by molar-refractivity contribution is 0.341. The minimum absolute atomic E-state index is 0.139. The first kappa shape index (κ1) is 11.8. The Labute approximate surface area is 111 Å². The second kappa shape index (κ2) is 4.78. The monoisotopic (exact) mass is 253 g/mol. The van der Waals surface area contributed by atoms with Gasteiger partial charge in [0.2, 0.25) is 0 Å². The van der Waals surface area contributed by atoms with E-state index < -0.39 is 0 Å². The molecule has 0 saturated heterocycles. The van der Waals surface area contributed by atoms with Gasteiger partial charge < -0.3 is 0 Å². The Balaban J connectivity index is 2.09. The molecule has 96 valence electrons. The van der Waals surface area contributed by atoms with E-state index in [-0.39, 0.29) is 6.04 Å². The summed E-state index contributed by atoms with van der Waals surface area (Å²) in [4.78, 5) is 10.7. The Hall–Kier alpha value is -2.27. The summed E-state index contributed by atoms with van der Waals surface area (Å²) in [6.07, 6.45) is 7.42. The topological polar surface area (TPSA) is 57.7 Å². The molecule has 0 aliphatic rings. The number of hydrogen-bond donors (Lipinski definition) is 1. The number of rotatable bonds is 3. The number of aromatic nitrogens is 4. The summed E-state index contributed by atoms with van der Waals surface area (Å²) in [6, 6.07) is 6.29. The van der Waals surface area contributed by atoms with Crippen LogP contribution in [0.15, 0.2) is 43.0 Å². The molecule has 5 heteroatoms. The lowest BCUT2D eigenvalue weighted by atomic mass is 10.0. The summed E-state index contributed by atoms with van der Waals surface area (Å²) in [5.74, 6) is 0. The molecule has 0 aliphatic heterocycles. The van der Waals surface area contributed by atoms with Crippen LogP contribution < -0.4 is 0 Å². The van der Waals surface area contributed by atoms with E-state index in [1.54, 1.807) is 6.20 Å². The molecule has 0 amide bonds. The van der Waals surface area contributed by atoms with Crippen molar-refractivity contribution in [3.8, 4) is 0 Å². The molecule has 3 aromatic heterocycles. The number of pyridine rings is 2. The van der Waals surface area contributed by atoms with Crippen molar-refractivity contribution in [1.29, 1.82) is 0 Å². The summed E-state index contributed by atoms with van der Waals surface area (Å²) in [5.41, 5.74) is 3.02. The highest BCUT2D eigenvalue weighted by atomic mass is 15.1. The van der Waals surface area contributed by atoms with Crippen LogP contribution in [0.5, 0.6) is 0 Å². The van der Waals surface area contributed by atoms with E-state index in [4.69, 9.17) is 0 Å². The lowest BCUT2D eigenvalue weighted by Gasteiger charge is -2.24. The molecule has 0 aromatic carbocycles. The third-order valence-electron chi connectivity index (χ3n) is 3.14. The van der Waals surface area contributed by atoms with Crippen molar-refractivity contribution in [2.75, 3.05) is 14.1 Å². The molecule has 19 heavy (non-hydrogen) atoms. The molecule has 1 atom stereocenters. The van der Waals surface area contributed by atoms with Gasteiger partial charge in [-0.3, -0.25) is 15.0 Å². The van der Waals surface area contributed by atoms with Crippen molar-refractivity contribution >= 4 is 11.0 Å². The van der Waals surface area contributed by atoms with Gasteiger partial charge in [0.05, 0.1) is 6.04 Å². The van der Waals surface area contributed by atoms with E-state index in [0.29, 0.717) is 0 Å². The Kier molecular flexibility index (Phi) is 2.97. The highest BCUT2D eigenvalue weighted by Crippen LogP contribution is 2.27. The molecule has 0 saturated carbocycles. The van der Waals surface area contributed by atoms with E-state index in [0.717, 1.165) is 22.2 Å². The number of fused-ring (bicyclic) bond motifs is 1. The molecule has 0 spiro atoms. The standard InChI is InChI=1S/C14H15N5/c1-19(2)13(10-4-3-5-15-7-10)11-6-12-9-17-18-14(12)16-8-11/h3-9,13H,1-2H3,(H,16,17,18). The van der Waals surface area contributed by atoms with Crippen molar-refractivity contribution in [3.05, 3.63) is 54.1 Å². The predicted molar refractivity (Wildman–Crippen MR) is 73.7 cm³/mol. The maximum Gasteiger partial charge on any atom is 0.180 e. The van der Waals surface area contributed by atoms with E-state index in [1.807, 2.05) is 24.7 Å². The summed E-state index contributed by atoms with van der Waals surface area (Å²) in [7, 11) is 4.11. The van der Waals surface area contributed by atoms with E-state index in [1.165, 1.54) is 0 Å². The van der Waals surface area contributed by atoms with Crippen LogP contribution in [0.1, 0.15) is 17.2 Å². The Morgan fingerprint density at radius 3 is 2.84 bits per heavy atom. The average molecular weight is 253 g/mol. The fourth-order valence-electron chi connectivity index (χ4n) is 2.33. The molecule has 5 nitrogen and oxygen atoms in total. The second-order valence-electron chi connectivity index (χ2n) is 4.72. The molecular weight excluding hydrogens is 238 g/mol. The molecule has 1 N–H and O–H groups in total. The summed E-state index contributed by atoms with van der Waals surface area (Å²) >= 11 is 0. The predicted octanol–water partition coefficient (Wildman–Crippen LogP) is 2.00. The lowest BCUT2D eigenvalue weighted by Crippen LogP contribution is -2.21. The van der Waals surface area contributed by atoms with Gasteiger partial charge in [0.1, 0.15) is 0 Å². The number of H-pyrrole nitrogens is 1. The normalized spacial score (nSPS) is 13.0. The Bertz CT molecular complexity index is 674. The molecule has 3 heterocycles. The van der Waals surface area contributed by atoms with Gasteiger partial charge in [-0.1, -0.05) is 6.07 Å². The molecular formula is C14H15N5. The minimum atomic E-state index is 0.139. The van der Waals surface area contributed by atoms with Gasteiger partial charge in [-0.25, -0.2) is 4.98 Å². The highest BCUT2D eigenvalue weighted by molar-refractivity contribution is 5.74. The average Bonchev–Trinajstić information content (AvgIpc) is 2.87. The Morgan fingerprint density at radius 2 is 2.11 bits per heavy atom. The molecule has 1 unspecified atom stereocenters. The van der Waals surface area contributed by atoms with Crippen LogP contribution in [0.3, 0.4) is 0 Å².